The van der Waals surface area contributed by atoms with Gasteiger partial charge in [-0.25, -0.2) is 0 Å². The van der Waals surface area contributed by atoms with Crippen molar-refractivity contribution in [1.82, 2.24) is 4.90 Å². The van der Waals surface area contributed by atoms with E-state index in [9.17, 15) is 0 Å². The van der Waals surface area contributed by atoms with Crippen molar-refractivity contribution >= 4 is 12.6 Å². The molecule has 0 aromatic heterocycles. The molecule has 0 aromatic carbocycles. The van der Waals surface area contributed by atoms with E-state index in [1.807, 2.05) is 0 Å². The van der Waals surface area contributed by atoms with Crippen molar-refractivity contribution in [2.24, 2.45) is 5.92 Å². The summed E-state index contributed by atoms with van der Waals surface area (Å²) >= 11 is 4.71. The monoisotopic (exact) mass is 199 g/mol. The molecule has 1 heterocycles. The lowest BCUT2D eigenvalue weighted by Crippen LogP contribution is -2.49. The van der Waals surface area contributed by atoms with Gasteiger partial charge in [0.2, 0.25) is 0 Å². The second kappa shape index (κ2) is 4.22. The Morgan fingerprint density at radius 3 is 2.54 bits per heavy atom. The fourth-order valence-electron chi connectivity index (χ4n) is 2.56. The molecule has 1 saturated carbocycles. The van der Waals surface area contributed by atoms with Gasteiger partial charge in [0.05, 0.1) is 0 Å². The van der Waals surface area contributed by atoms with Gasteiger partial charge < -0.3 is 0 Å². The van der Waals surface area contributed by atoms with E-state index in [4.69, 9.17) is 12.6 Å². The molecule has 0 N–H and O–H groups in total. The minimum atomic E-state index is 0.638. The Kier molecular flexibility index (Phi) is 3.20. The highest BCUT2D eigenvalue weighted by Gasteiger charge is 2.31. The van der Waals surface area contributed by atoms with Gasteiger partial charge in [-0.3, -0.25) is 4.90 Å². The lowest BCUT2D eigenvalue weighted by atomic mass is 9.87. The minimum absolute atomic E-state index is 0.638. The highest BCUT2D eigenvalue weighted by Crippen LogP contribution is 2.31. The zero-order valence-electron chi connectivity index (χ0n) is 8.58. The summed E-state index contributed by atoms with van der Waals surface area (Å²) in [6.45, 7) is 4.87. The molecule has 1 aliphatic carbocycles. The molecule has 2 fully saturated rings. The van der Waals surface area contributed by atoms with Crippen molar-refractivity contribution in [2.75, 3.05) is 13.1 Å². The van der Waals surface area contributed by atoms with Crippen LogP contribution in [-0.2, 0) is 0 Å². The molecule has 2 atom stereocenters. The normalized spacial score (nSPS) is 37.4. The van der Waals surface area contributed by atoms with Gasteiger partial charge in [-0.2, -0.15) is 12.6 Å². The summed E-state index contributed by atoms with van der Waals surface area (Å²) in [5, 5.41) is 0.638. The predicted octanol–water partition coefficient (Wildman–Crippen LogP) is 2.57. The third kappa shape index (κ3) is 2.04. The molecule has 1 aliphatic heterocycles. The van der Waals surface area contributed by atoms with Gasteiger partial charge in [-0.1, -0.05) is 19.8 Å². The summed E-state index contributed by atoms with van der Waals surface area (Å²) in [5.74, 6) is 0.875. The summed E-state index contributed by atoms with van der Waals surface area (Å²) in [6, 6.07) is 0.924. The molecule has 0 amide bonds. The van der Waals surface area contributed by atoms with Gasteiger partial charge >= 0.3 is 0 Å². The van der Waals surface area contributed by atoms with Gasteiger partial charge in [0.1, 0.15) is 0 Å². The Morgan fingerprint density at radius 1 is 1.31 bits per heavy atom. The van der Waals surface area contributed by atoms with Crippen LogP contribution in [0, 0.1) is 5.92 Å². The average molecular weight is 199 g/mol. The van der Waals surface area contributed by atoms with E-state index in [-0.39, 0.29) is 0 Å². The summed E-state index contributed by atoms with van der Waals surface area (Å²) in [4.78, 5) is 2.67. The van der Waals surface area contributed by atoms with Crippen molar-refractivity contribution in [3.8, 4) is 0 Å². The van der Waals surface area contributed by atoms with E-state index in [0.29, 0.717) is 5.25 Å². The molecule has 0 bridgehead atoms. The Balaban J connectivity index is 1.83. The zero-order valence-corrected chi connectivity index (χ0v) is 9.47. The van der Waals surface area contributed by atoms with Crippen LogP contribution in [0.15, 0.2) is 0 Å². The summed E-state index contributed by atoms with van der Waals surface area (Å²) in [7, 11) is 0. The van der Waals surface area contributed by atoms with Crippen LogP contribution in [0.2, 0.25) is 0 Å². The van der Waals surface area contributed by atoms with Crippen LogP contribution in [0.4, 0.5) is 0 Å². The predicted molar refractivity (Wildman–Crippen MR) is 60.4 cm³/mol. The first-order valence-corrected chi connectivity index (χ1v) is 6.25. The quantitative estimate of drug-likeness (QED) is 0.669. The van der Waals surface area contributed by atoms with Crippen molar-refractivity contribution in [2.45, 2.75) is 50.3 Å². The lowest BCUT2D eigenvalue weighted by Gasteiger charge is -2.44. The Hall–Kier alpha value is 0.310. The first kappa shape index (κ1) is 9.85. The van der Waals surface area contributed by atoms with E-state index in [1.165, 1.54) is 45.2 Å². The maximum Gasteiger partial charge on any atom is 0.0173 e. The van der Waals surface area contributed by atoms with Crippen LogP contribution in [-0.4, -0.2) is 29.3 Å². The fourth-order valence-corrected chi connectivity index (χ4v) is 3.13. The van der Waals surface area contributed by atoms with Crippen LogP contribution in [0.3, 0.4) is 0 Å². The molecule has 2 heteroatoms. The van der Waals surface area contributed by atoms with Crippen LogP contribution in [0.25, 0.3) is 0 Å². The van der Waals surface area contributed by atoms with Crippen molar-refractivity contribution in [3.05, 3.63) is 0 Å². The smallest absolute Gasteiger partial charge is 0.0173 e. The first-order chi connectivity index (χ1) is 6.31. The van der Waals surface area contributed by atoms with Gasteiger partial charge in [0, 0.05) is 17.8 Å². The lowest BCUT2D eigenvalue weighted by molar-refractivity contribution is 0.0881. The molecule has 1 nitrogen and oxygen atoms in total. The molecular formula is C11H21NS. The SMILES string of the molecule is CCC1CCN(C2CCC2)CC1S. The fraction of sp³-hybridized carbons (Fsp3) is 1.00. The number of nitrogens with zero attached hydrogens (tertiary/aromatic N) is 1. The number of hydrogen-bond acceptors (Lipinski definition) is 2. The van der Waals surface area contributed by atoms with E-state index in [0.717, 1.165) is 12.0 Å². The summed E-state index contributed by atoms with van der Waals surface area (Å²) < 4.78 is 0. The maximum absolute atomic E-state index is 4.71. The highest BCUT2D eigenvalue weighted by molar-refractivity contribution is 7.81. The summed E-state index contributed by atoms with van der Waals surface area (Å²) in [5.41, 5.74) is 0. The number of thiol groups is 1. The minimum Gasteiger partial charge on any atom is -0.299 e. The van der Waals surface area contributed by atoms with Crippen molar-refractivity contribution in [3.63, 3.8) is 0 Å². The molecule has 0 aromatic rings. The van der Waals surface area contributed by atoms with Gasteiger partial charge in [0.15, 0.2) is 0 Å². The second-order valence-electron chi connectivity index (χ2n) is 4.60. The van der Waals surface area contributed by atoms with Gasteiger partial charge in [0.25, 0.3) is 0 Å². The first-order valence-electron chi connectivity index (χ1n) is 5.73. The zero-order chi connectivity index (χ0) is 9.26. The molecule has 13 heavy (non-hydrogen) atoms. The second-order valence-corrected chi connectivity index (χ2v) is 5.27. The van der Waals surface area contributed by atoms with Crippen LogP contribution in [0.5, 0.6) is 0 Å². The van der Waals surface area contributed by atoms with Crippen LogP contribution < -0.4 is 0 Å². The molecule has 0 spiro atoms. The average Bonchev–Trinajstić information content (AvgIpc) is 2.01. The molecule has 1 saturated heterocycles. The third-order valence-corrected chi connectivity index (χ3v) is 4.45. The number of rotatable bonds is 2. The van der Waals surface area contributed by atoms with Gasteiger partial charge in [-0.05, 0) is 31.7 Å². The molecule has 0 radical (unpaired) electrons. The van der Waals surface area contributed by atoms with E-state index in [2.05, 4.69) is 11.8 Å². The van der Waals surface area contributed by atoms with E-state index in [1.54, 1.807) is 0 Å². The van der Waals surface area contributed by atoms with Crippen LogP contribution >= 0.6 is 12.6 Å². The Labute approximate surface area is 87.3 Å². The third-order valence-electron chi connectivity index (χ3n) is 3.87. The van der Waals surface area contributed by atoms with Crippen molar-refractivity contribution in [1.29, 1.82) is 0 Å². The Bertz CT molecular complexity index is 167. The van der Waals surface area contributed by atoms with E-state index >= 15 is 0 Å². The number of piperidine rings is 1. The number of hydrogen-bond donors (Lipinski definition) is 1. The maximum atomic E-state index is 4.71. The van der Waals surface area contributed by atoms with E-state index < -0.39 is 0 Å². The molecule has 2 rings (SSSR count). The highest BCUT2D eigenvalue weighted by atomic mass is 32.1. The standard InChI is InChI=1S/C11H21NS/c1-2-9-6-7-12(8-11(9)13)10-4-3-5-10/h9-11,13H,2-8H2,1H3. The molecule has 2 aliphatic rings. The number of likely N-dealkylation sites (tertiary alicyclic amines) is 1. The Morgan fingerprint density at radius 2 is 2.08 bits per heavy atom. The molecule has 2 unspecified atom stereocenters. The molecule has 76 valence electrons. The van der Waals surface area contributed by atoms with Crippen molar-refractivity contribution < 1.29 is 0 Å². The topological polar surface area (TPSA) is 3.24 Å². The molecular weight excluding hydrogens is 178 g/mol. The summed E-state index contributed by atoms with van der Waals surface area (Å²) in [6.07, 6.45) is 7.03. The largest absolute Gasteiger partial charge is 0.299 e. The van der Waals surface area contributed by atoms with Crippen LogP contribution in [0.1, 0.15) is 39.0 Å². The van der Waals surface area contributed by atoms with Gasteiger partial charge in [-0.15, -0.1) is 0 Å².